The predicted molar refractivity (Wildman–Crippen MR) is 78.4 cm³/mol. The normalized spacial score (nSPS) is 19.4. The van der Waals surface area contributed by atoms with Crippen LogP contribution in [0.1, 0.15) is 23.7 Å². The molecule has 1 aliphatic rings. The third kappa shape index (κ3) is 3.86. The molecule has 0 saturated carbocycles. The van der Waals surface area contributed by atoms with E-state index in [-0.39, 0.29) is 5.75 Å². The first-order valence-corrected chi connectivity index (χ1v) is 8.29. The molecule has 0 aliphatic carbocycles. The van der Waals surface area contributed by atoms with Gasteiger partial charge < -0.3 is 8.60 Å². The lowest BCUT2D eigenvalue weighted by molar-refractivity contribution is 0.321. The summed E-state index contributed by atoms with van der Waals surface area (Å²) in [6.45, 7) is 2.65. The highest BCUT2D eigenvalue weighted by molar-refractivity contribution is 7.81. The van der Waals surface area contributed by atoms with Crippen molar-refractivity contribution in [3.8, 4) is 5.75 Å². The highest BCUT2D eigenvalue weighted by atomic mass is 32.3. The molecular weight excluding hydrogens is 309 g/mol. The van der Waals surface area contributed by atoms with Gasteiger partial charge in [0.1, 0.15) is 11.5 Å². The first-order valence-electron chi connectivity index (χ1n) is 6.98. The maximum atomic E-state index is 12.4. The van der Waals surface area contributed by atoms with E-state index in [9.17, 15) is 12.3 Å². The summed E-state index contributed by atoms with van der Waals surface area (Å²) in [6, 6.07) is 10.3. The van der Waals surface area contributed by atoms with Gasteiger partial charge in [0.25, 0.3) is 0 Å². The van der Waals surface area contributed by atoms with Crippen molar-refractivity contribution in [3.05, 3.63) is 54.0 Å². The molecule has 2 aromatic rings. The Labute approximate surface area is 128 Å². The topological polar surface area (TPSA) is 59.8 Å². The molecule has 1 saturated heterocycles. The van der Waals surface area contributed by atoms with E-state index >= 15 is 0 Å². The molecule has 0 N–H and O–H groups in total. The minimum absolute atomic E-state index is 0.0267. The molecule has 1 atom stereocenters. The molecule has 7 heteroatoms. The van der Waals surface area contributed by atoms with E-state index in [1.54, 1.807) is 18.4 Å². The average molecular weight is 325 g/mol. The molecule has 0 spiro atoms. The summed E-state index contributed by atoms with van der Waals surface area (Å²) in [7, 11) is -4.97. The van der Waals surface area contributed by atoms with Crippen LogP contribution in [0.5, 0.6) is 5.75 Å². The van der Waals surface area contributed by atoms with Crippen molar-refractivity contribution in [1.29, 1.82) is 0 Å². The maximum absolute atomic E-state index is 12.4. The molecular formula is C15H16FNO4S. The summed E-state index contributed by atoms with van der Waals surface area (Å²) in [6.07, 6.45) is 2.74. The molecule has 2 heterocycles. The SMILES string of the molecule is O=S(=O)(F)Oc1ccc(CN2CCC(c3ccco3)C2)cc1. The third-order valence-electron chi connectivity index (χ3n) is 3.74. The number of hydrogen-bond donors (Lipinski definition) is 0. The standard InChI is InChI=1S/C15H16FNO4S/c16-22(18,19)21-14-5-3-12(4-6-14)10-17-8-7-13(11-17)15-2-1-9-20-15/h1-6,9,13H,7-8,10-11H2. The van der Waals surface area contributed by atoms with Gasteiger partial charge in [0, 0.05) is 19.0 Å². The number of rotatable bonds is 5. The molecule has 0 amide bonds. The van der Waals surface area contributed by atoms with Crippen LogP contribution >= 0.6 is 0 Å². The summed E-state index contributed by atoms with van der Waals surface area (Å²) < 4.78 is 42.8. The van der Waals surface area contributed by atoms with Crippen LogP contribution in [0.3, 0.4) is 0 Å². The van der Waals surface area contributed by atoms with Gasteiger partial charge in [0.15, 0.2) is 0 Å². The molecule has 5 nitrogen and oxygen atoms in total. The Bertz CT molecular complexity index is 713. The first-order chi connectivity index (χ1) is 10.5. The molecule has 0 radical (unpaired) electrons. The zero-order valence-electron chi connectivity index (χ0n) is 11.8. The Morgan fingerprint density at radius 2 is 2.05 bits per heavy atom. The highest BCUT2D eigenvalue weighted by Crippen LogP contribution is 2.28. The maximum Gasteiger partial charge on any atom is 0.488 e. The average Bonchev–Trinajstić information content (AvgIpc) is 3.10. The van der Waals surface area contributed by atoms with Gasteiger partial charge in [-0.2, -0.15) is 8.42 Å². The number of benzene rings is 1. The fourth-order valence-corrected chi connectivity index (χ4v) is 3.10. The number of furan rings is 1. The lowest BCUT2D eigenvalue weighted by Crippen LogP contribution is -2.19. The van der Waals surface area contributed by atoms with E-state index in [2.05, 4.69) is 9.08 Å². The Hall–Kier alpha value is -1.86. The monoisotopic (exact) mass is 325 g/mol. The van der Waals surface area contributed by atoms with Crippen molar-refractivity contribution < 1.29 is 20.9 Å². The van der Waals surface area contributed by atoms with Crippen molar-refractivity contribution in [2.75, 3.05) is 13.1 Å². The van der Waals surface area contributed by atoms with E-state index in [4.69, 9.17) is 4.42 Å². The highest BCUT2D eigenvalue weighted by Gasteiger charge is 2.25. The Balaban J connectivity index is 1.58. The largest absolute Gasteiger partial charge is 0.488 e. The molecule has 118 valence electrons. The van der Waals surface area contributed by atoms with Crippen LogP contribution in [-0.2, 0) is 17.0 Å². The molecule has 0 bridgehead atoms. The van der Waals surface area contributed by atoms with Gasteiger partial charge in [-0.15, -0.1) is 0 Å². The van der Waals surface area contributed by atoms with Gasteiger partial charge in [0.2, 0.25) is 0 Å². The van der Waals surface area contributed by atoms with Crippen molar-refractivity contribution >= 4 is 10.5 Å². The Morgan fingerprint density at radius 1 is 1.27 bits per heavy atom. The fraction of sp³-hybridized carbons (Fsp3) is 0.333. The van der Waals surface area contributed by atoms with Gasteiger partial charge >= 0.3 is 10.5 Å². The molecule has 1 aliphatic heterocycles. The minimum atomic E-state index is -4.97. The van der Waals surface area contributed by atoms with Crippen LogP contribution in [0.4, 0.5) is 3.89 Å². The van der Waals surface area contributed by atoms with E-state index in [0.717, 1.165) is 37.4 Å². The quantitative estimate of drug-likeness (QED) is 0.791. The lowest BCUT2D eigenvalue weighted by Gasteiger charge is -2.15. The van der Waals surface area contributed by atoms with Gasteiger partial charge in [0.05, 0.1) is 6.26 Å². The number of halogens is 1. The predicted octanol–water partition coefficient (Wildman–Crippen LogP) is 2.86. The molecule has 3 rings (SSSR count). The van der Waals surface area contributed by atoms with Gasteiger partial charge in [-0.1, -0.05) is 16.0 Å². The van der Waals surface area contributed by atoms with Crippen LogP contribution < -0.4 is 4.18 Å². The minimum Gasteiger partial charge on any atom is -0.469 e. The van der Waals surface area contributed by atoms with Crippen LogP contribution in [-0.4, -0.2) is 26.4 Å². The molecule has 1 aromatic carbocycles. The Morgan fingerprint density at radius 3 is 2.68 bits per heavy atom. The molecule has 1 aromatic heterocycles. The van der Waals surface area contributed by atoms with E-state index < -0.39 is 10.5 Å². The summed E-state index contributed by atoms with van der Waals surface area (Å²) >= 11 is 0. The first kappa shape index (κ1) is 15.1. The lowest BCUT2D eigenvalue weighted by atomic mass is 10.1. The summed E-state index contributed by atoms with van der Waals surface area (Å²) in [4.78, 5) is 2.30. The second-order valence-corrected chi connectivity index (χ2v) is 6.31. The van der Waals surface area contributed by atoms with Gasteiger partial charge in [-0.25, -0.2) is 0 Å². The Kier molecular flexibility index (Phi) is 4.17. The van der Waals surface area contributed by atoms with Crippen molar-refractivity contribution in [2.24, 2.45) is 0 Å². The summed E-state index contributed by atoms with van der Waals surface area (Å²) in [5.41, 5.74) is 1.02. The van der Waals surface area contributed by atoms with Gasteiger partial charge in [-0.3, -0.25) is 4.90 Å². The van der Waals surface area contributed by atoms with E-state index in [1.807, 2.05) is 12.1 Å². The smallest absolute Gasteiger partial charge is 0.469 e. The fourth-order valence-electron chi connectivity index (χ4n) is 2.76. The van der Waals surface area contributed by atoms with Crippen molar-refractivity contribution in [1.82, 2.24) is 4.90 Å². The summed E-state index contributed by atoms with van der Waals surface area (Å²) in [5, 5.41) is 0. The second kappa shape index (κ2) is 6.10. The van der Waals surface area contributed by atoms with E-state index in [0.29, 0.717) is 5.92 Å². The van der Waals surface area contributed by atoms with Crippen LogP contribution in [0.15, 0.2) is 47.1 Å². The zero-order valence-corrected chi connectivity index (χ0v) is 12.6. The summed E-state index contributed by atoms with van der Waals surface area (Å²) in [5.74, 6) is 1.40. The number of nitrogens with zero attached hydrogens (tertiary/aromatic N) is 1. The molecule has 1 fully saturated rings. The number of likely N-dealkylation sites (tertiary alicyclic amines) is 1. The molecule has 22 heavy (non-hydrogen) atoms. The zero-order chi connectivity index (χ0) is 15.6. The van der Waals surface area contributed by atoms with Crippen molar-refractivity contribution in [3.63, 3.8) is 0 Å². The van der Waals surface area contributed by atoms with E-state index in [1.165, 1.54) is 12.1 Å². The van der Waals surface area contributed by atoms with Gasteiger partial charge in [-0.05, 0) is 42.8 Å². The number of hydrogen-bond acceptors (Lipinski definition) is 5. The van der Waals surface area contributed by atoms with Crippen LogP contribution in [0.2, 0.25) is 0 Å². The third-order valence-corrected chi connectivity index (χ3v) is 4.13. The van der Waals surface area contributed by atoms with Crippen LogP contribution in [0, 0.1) is 0 Å². The molecule has 1 unspecified atom stereocenters. The second-order valence-electron chi connectivity index (χ2n) is 5.36. The van der Waals surface area contributed by atoms with Crippen LogP contribution in [0.25, 0.3) is 0 Å². The van der Waals surface area contributed by atoms with Crippen molar-refractivity contribution in [2.45, 2.75) is 18.9 Å².